The molecule has 96 valence electrons. The second-order valence-electron chi connectivity index (χ2n) is 5.31. The lowest BCUT2D eigenvalue weighted by atomic mass is 9.93. The average Bonchev–Trinajstić information content (AvgIpc) is 2.91. The van der Waals surface area contributed by atoms with Crippen LogP contribution >= 0.6 is 11.3 Å². The third-order valence-electron chi connectivity index (χ3n) is 3.15. The van der Waals surface area contributed by atoms with Gasteiger partial charge < -0.3 is 10.6 Å². The Morgan fingerprint density at radius 3 is 3.00 bits per heavy atom. The minimum absolute atomic E-state index is 0.108. The van der Waals surface area contributed by atoms with Gasteiger partial charge in [-0.3, -0.25) is 4.79 Å². The van der Waals surface area contributed by atoms with Gasteiger partial charge >= 0.3 is 0 Å². The Balaban J connectivity index is 2.17. The van der Waals surface area contributed by atoms with Crippen LogP contribution in [0, 0.1) is 17.3 Å². The van der Waals surface area contributed by atoms with E-state index in [9.17, 15) is 4.79 Å². The van der Waals surface area contributed by atoms with Crippen molar-refractivity contribution in [1.82, 2.24) is 4.90 Å². The molecule has 0 radical (unpaired) electrons. The lowest BCUT2D eigenvalue weighted by Crippen LogP contribution is -2.30. The zero-order valence-corrected chi connectivity index (χ0v) is 11.6. The molecule has 18 heavy (non-hydrogen) atoms. The van der Waals surface area contributed by atoms with Crippen molar-refractivity contribution in [3.8, 4) is 11.8 Å². The third-order valence-corrected chi connectivity index (χ3v) is 4.05. The summed E-state index contributed by atoms with van der Waals surface area (Å²) in [6.07, 6.45) is 1.06. The van der Waals surface area contributed by atoms with Crippen LogP contribution in [0.4, 0.5) is 0 Å². The molecule has 1 saturated heterocycles. The van der Waals surface area contributed by atoms with Crippen molar-refractivity contribution in [2.24, 2.45) is 11.1 Å². The summed E-state index contributed by atoms with van der Waals surface area (Å²) in [5.74, 6) is 5.88. The highest BCUT2D eigenvalue weighted by Crippen LogP contribution is 2.31. The molecule has 1 aromatic rings. The number of carbonyl (C=O) groups is 1. The van der Waals surface area contributed by atoms with Crippen LogP contribution in [0.2, 0.25) is 0 Å². The molecule has 1 aliphatic rings. The molecule has 3 nitrogen and oxygen atoms in total. The van der Waals surface area contributed by atoms with E-state index in [1.807, 2.05) is 16.3 Å². The number of nitrogens with two attached hydrogens (primary N) is 1. The number of hydrogen-bond donors (Lipinski definition) is 1. The number of carbonyl (C=O) groups excluding carboxylic acids is 1. The average molecular weight is 262 g/mol. The van der Waals surface area contributed by atoms with Crippen LogP contribution in [-0.4, -0.2) is 30.4 Å². The number of rotatable bonds is 1. The van der Waals surface area contributed by atoms with Gasteiger partial charge in [0.1, 0.15) is 4.88 Å². The maximum absolute atomic E-state index is 12.4. The number of nitrogens with zero attached hydrogens (tertiary/aromatic N) is 1. The molecule has 0 atom stereocenters. The lowest BCUT2D eigenvalue weighted by Gasteiger charge is -2.19. The third kappa shape index (κ3) is 2.74. The SMILES string of the molecule is CC1(C)CCN(C(=O)c2sccc2C#CCN)C1. The maximum Gasteiger partial charge on any atom is 0.265 e. The summed E-state index contributed by atoms with van der Waals surface area (Å²) in [7, 11) is 0. The Kier molecular flexibility index (Phi) is 3.74. The van der Waals surface area contributed by atoms with Crippen molar-refractivity contribution in [1.29, 1.82) is 0 Å². The van der Waals surface area contributed by atoms with E-state index in [0.29, 0.717) is 6.54 Å². The molecule has 1 aromatic heterocycles. The highest BCUT2D eigenvalue weighted by molar-refractivity contribution is 7.12. The second kappa shape index (κ2) is 5.13. The normalized spacial score (nSPS) is 17.4. The molecular formula is C14H18N2OS. The quantitative estimate of drug-likeness (QED) is 0.786. The van der Waals surface area contributed by atoms with E-state index < -0.39 is 0 Å². The van der Waals surface area contributed by atoms with Gasteiger partial charge in [-0.2, -0.15) is 0 Å². The molecule has 0 unspecified atom stereocenters. The van der Waals surface area contributed by atoms with Gasteiger partial charge in [-0.15, -0.1) is 11.3 Å². The Morgan fingerprint density at radius 1 is 1.61 bits per heavy atom. The first kappa shape index (κ1) is 13.1. The van der Waals surface area contributed by atoms with Crippen molar-refractivity contribution in [3.63, 3.8) is 0 Å². The predicted octanol–water partition coefficient (Wildman–Crippen LogP) is 1.93. The van der Waals surface area contributed by atoms with Crippen molar-refractivity contribution in [2.75, 3.05) is 19.6 Å². The molecule has 4 heteroatoms. The molecule has 0 aromatic carbocycles. The van der Waals surface area contributed by atoms with Gasteiger partial charge in [0.05, 0.1) is 6.54 Å². The van der Waals surface area contributed by atoms with Crippen LogP contribution in [0.25, 0.3) is 0 Å². The Bertz CT molecular complexity index is 507. The molecule has 1 aliphatic heterocycles. The summed E-state index contributed by atoms with van der Waals surface area (Å²) < 4.78 is 0. The highest BCUT2D eigenvalue weighted by atomic mass is 32.1. The lowest BCUT2D eigenvalue weighted by molar-refractivity contribution is 0.0783. The summed E-state index contributed by atoms with van der Waals surface area (Å²) in [4.78, 5) is 15.1. The largest absolute Gasteiger partial charge is 0.337 e. The van der Waals surface area contributed by atoms with Crippen LogP contribution in [0.5, 0.6) is 0 Å². The van der Waals surface area contributed by atoms with Gasteiger partial charge in [0.2, 0.25) is 0 Å². The standard InChI is InChI=1S/C14H18N2OS/c1-14(2)6-8-16(10-14)13(17)12-11(4-3-7-15)5-9-18-12/h5,9H,6-8,10,15H2,1-2H3. The zero-order valence-electron chi connectivity index (χ0n) is 10.8. The van der Waals surface area contributed by atoms with Crippen LogP contribution in [0.3, 0.4) is 0 Å². The maximum atomic E-state index is 12.4. The molecule has 1 amide bonds. The number of thiophene rings is 1. The molecule has 2 N–H and O–H groups in total. The molecule has 2 rings (SSSR count). The van der Waals surface area contributed by atoms with Crippen molar-refractivity contribution >= 4 is 17.2 Å². The molecule has 0 spiro atoms. The van der Waals surface area contributed by atoms with E-state index in [4.69, 9.17) is 5.73 Å². The van der Waals surface area contributed by atoms with Crippen molar-refractivity contribution in [2.45, 2.75) is 20.3 Å². The smallest absolute Gasteiger partial charge is 0.265 e. The van der Waals surface area contributed by atoms with E-state index in [-0.39, 0.29) is 11.3 Å². The summed E-state index contributed by atoms with van der Waals surface area (Å²) >= 11 is 1.46. The monoisotopic (exact) mass is 262 g/mol. The van der Waals surface area contributed by atoms with E-state index >= 15 is 0 Å². The van der Waals surface area contributed by atoms with Gasteiger partial charge in [-0.05, 0) is 23.3 Å². The summed E-state index contributed by atoms with van der Waals surface area (Å²) in [6.45, 7) is 6.38. The first-order valence-electron chi connectivity index (χ1n) is 6.09. The van der Waals surface area contributed by atoms with Crippen LogP contribution < -0.4 is 5.73 Å². The fraction of sp³-hybridized carbons (Fsp3) is 0.500. The minimum Gasteiger partial charge on any atom is -0.337 e. The van der Waals surface area contributed by atoms with Crippen molar-refractivity contribution in [3.05, 3.63) is 21.9 Å². The van der Waals surface area contributed by atoms with Crippen LogP contribution in [0.1, 0.15) is 35.5 Å². The summed E-state index contributed by atoms with van der Waals surface area (Å²) in [6, 6.07) is 1.89. The number of amides is 1. The Hall–Kier alpha value is -1.31. The van der Waals surface area contributed by atoms with Crippen molar-refractivity contribution < 1.29 is 4.79 Å². The predicted molar refractivity (Wildman–Crippen MR) is 74.6 cm³/mol. The number of likely N-dealkylation sites (tertiary alicyclic amines) is 1. The molecule has 1 fully saturated rings. The van der Waals surface area contributed by atoms with E-state index in [1.54, 1.807) is 0 Å². The molecule has 0 aliphatic carbocycles. The van der Waals surface area contributed by atoms with E-state index in [0.717, 1.165) is 30.0 Å². The van der Waals surface area contributed by atoms with Gasteiger partial charge in [0.15, 0.2) is 0 Å². The molecular weight excluding hydrogens is 244 g/mol. The van der Waals surface area contributed by atoms with Gasteiger partial charge in [-0.1, -0.05) is 25.7 Å². The fourth-order valence-corrected chi connectivity index (χ4v) is 2.97. The summed E-state index contributed by atoms with van der Waals surface area (Å²) in [5, 5.41) is 1.91. The minimum atomic E-state index is 0.108. The zero-order chi connectivity index (χ0) is 13.2. The van der Waals surface area contributed by atoms with Gasteiger partial charge in [0, 0.05) is 18.7 Å². The Morgan fingerprint density at radius 2 is 2.39 bits per heavy atom. The Labute approximate surface area is 112 Å². The van der Waals surface area contributed by atoms with Crippen LogP contribution in [0.15, 0.2) is 11.4 Å². The molecule has 0 saturated carbocycles. The topological polar surface area (TPSA) is 46.3 Å². The van der Waals surface area contributed by atoms with Gasteiger partial charge in [-0.25, -0.2) is 0 Å². The second-order valence-corrected chi connectivity index (χ2v) is 6.23. The first-order chi connectivity index (χ1) is 8.53. The highest BCUT2D eigenvalue weighted by Gasteiger charge is 2.33. The van der Waals surface area contributed by atoms with Crippen LogP contribution in [-0.2, 0) is 0 Å². The molecule has 2 heterocycles. The van der Waals surface area contributed by atoms with E-state index in [2.05, 4.69) is 25.7 Å². The summed E-state index contributed by atoms with van der Waals surface area (Å²) in [5.41, 5.74) is 6.40. The van der Waals surface area contributed by atoms with Gasteiger partial charge in [0.25, 0.3) is 5.91 Å². The number of hydrogen-bond acceptors (Lipinski definition) is 3. The van der Waals surface area contributed by atoms with E-state index in [1.165, 1.54) is 11.3 Å². The molecule has 0 bridgehead atoms. The first-order valence-corrected chi connectivity index (χ1v) is 6.97. The fourth-order valence-electron chi connectivity index (χ4n) is 2.15.